The number of carbonyl (C=O) groups is 1. The van der Waals surface area contributed by atoms with Gasteiger partial charge >= 0.3 is 5.97 Å². The third-order valence-electron chi connectivity index (χ3n) is 3.93. The zero-order valence-corrected chi connectivity index (χ0v) is 14.7. The van der Waals surface area contributed by atoms with Crippen LogP contribution in [0.3, 0.4) is 0 Å². The first-order valence-corrected chi connectivity index (χ1v) is 8.59. The van der Waals surface area contributed by atoms with Crippen LogP contribution in [0.4, 0.5) is 0 Å². The first-order chi connectivity index (χ1) is 11.7. The van der Waals surface area contributed by atoms with Crippen LogP contribution in [0.15, 0.2) is 24.3 Å². The van der Waals surface area contributed by atoms with Crippen LogP contribution in [0.25, 0.3) is 11.3 Å². The zero-order valence-electron chi connectivity index (χ0n) is 14.7. The van der Waals surface area contributed by atoms with E-state index in [0.29, 0.717) is 12.3 Å². The fourth-order valence-corrected chi connectivity index (χ4v) is 2.53. The van der Waals surface area contributed by atoms with Crippen LogP contribution in [0, 0.1) is 0 Å². The minimum absolute atomic E-state index is 0.225. The minimum atomic E-state index is -0.456. The number of carbonyl (C=O) groups excluding carboxylic acids is 1. The fourth-order valence-electron chi connectivity index (χ4n) is 2.53. The molecule has 0 fully saturated rings. The summed E-state index contributed by atoms with van der Waals surface area (Å²) in [4.78, 5) is 14.3. The van der Waals surface area contributed by atoms with Crippen molar-refractivity contribution in [3.05, 3.63) is 35.5 Å². The van der Waals surface area contributed by atoms with Gasteiger partial charge in [0.05, 0.1) is 6.61 Å². The molecule has 0 spiro atoms. The maximum Gasteiger partial charge on any atom is 0.361 e. The third kappa shape index (κ3) is 4.64. The van der Waals surface area contributed by atoms with Crippen LogP contribution in [0.2, 0.25) is 0 Å². The van der Waals surface area contributed by atoms with Crippen LogP contribution in [-0.4, -0.2) is 46.0 Å². The van der Waals surface area contributed by atoms with E-state index in [1.165, 1.54) is 18.4 Å². The van der Waals surface area contributed by atoms with Crippen molar-refractivity contribution in [1.29, 1.82) is 0 Å². The molecule has 0 radical (unpaired) electrons. The summed E-state index contributed by atoms with van der Waals surface area (Å²) in [5.41, 5.74) is 2.85. The van der Waals surface area contributed by atoms with Crippen molar-refractivity contribution in [2.75, 3.05) is 19.7 Å². The molecule has 0 saturated heterocycles. The van der Waals surface area contributed by atoms with Crippen LogP contribution in [0.1, 0.15) is 49.7 Å². The van der Waals surface area contributed by atoms with E-state index >= 15 is 0 Å². The van der Waals surface area contributed by atoms with Crippen molar-refractivity contribution < 1.29 is 9.53 Å². The molecule has 1 N–H and O–H groups in total. The monoisotopic (exact) mass is 330 g/mol. The van der Waals surface area contributed by atoms with E-state index in [4.69, 9.17) is 4.74 Å². The predicted octanol–water partition coefficient (Wildman–Crippen LogP) is 3.27. The molecule has 24 heavy (non-hydrogen) atoms. The second kappa shape index (κ2) is 9.17. The highest BCUT2D eigenvalue weighted by atomic mass is 16.5. The number of hydrogen-bond acceptors (Lipinski definition) is 5. The number of benzene rings is 1. The normalized spacial score (nSPS) is 11.0. The van der Waals surface area contributed by atoms with E-state index in [0.717, 1.165) is 25.2 Å². The minimum Gasteiger partial charge on any atom is -0.461 e. The Morgan fingerprint density at radius 3 is 2.54 bits per heavy atom. The van der Waals surface area contributed by atoms with Gasteiger partial charge in [-0.3, -0.25) is 4.90 Å². The maximum absolute atomic E-state index is 11.9. The van der Waals surface area contributed by atoms with Crippen molar-refractivity contribution >= 4 is 5.97 Å². The number of aromatic nitrogens is 3. The Balaban J connectivity index is 2.10. The standard InChI is InChI=1S/C18H26N4O2/c1-4-7-12-22(5-2)13-14-8-10-15(11-9-14)16-17(20-21-19-16)18(23)24-6-3/h8-11H,4-7,12-13H2,1-3H3,(H,19,20,21). The molecular formula is C18H26N4O2. The first kappa shape index (κ1) is 18.1. The highest BCUT2D eigenvalue weighted by Crippen LogP contribution is 2.21. The number of nitrogens with zero attached hydrogens (tertiary/aromatic N) is 3. The van der Waals surface area contributed by atoms with Gasteiger partial charge in [-0.2, -0.15) is 10.3 Å². The van der Waals surface area contributed by atoms with Crippen LogP contribution in [-0.2, 0) is 11.3 Å². The summed E-state index contributed by atoms with van der Waals surface area (Å²) in [6.45, 7) is 9.56. The Hall–Kier alpha value is -2.21. The van der Waals surface area contributed by atoms with Crippen LogP contribution < -0.4 is 0 Å². The van der Waals surface area contributed by atoms with Gasteiger partial charge in [-0.25, -0.2) is 4.79 Å². The van der Waals surface area contributed by atoms with Crippen molar-refractivity contribution in [2.24, 2.45) is 0 Å². The molecule has 2 rings (SSSR count). The molecule has 0 bridgehead atoms. The smallest absolute Gasteiger partial charge is 0.361 e. The van der Waals surface area contributed by atoms with E-state index < -0.39 is 5.97 Å². The van der Waals surface area contributed by atoms with Gasteiger partial charge in [0, 0.05) is 12.1 Å². The SMILES string of the molecule is CCCCN(CC)Cc1ccc(-c2n[nH]nc2C(=O)OCC)cc1. The molecular weight excluding hydrogens is 304 g/mol. The molecule has 1 heterocycles. The molecule has 0 unspecified atom stereocenters. The van der Waals surface area contributed by atoms with Crippen molar-refractivity contribution in [3.63, 3.8) is 0 Å². The average Bonchev–Trinajstić information content (AvgIpc) is 3.09. The molecule has 1 aromatic carbocycles. The second-order valence-corrected chi connectivity index (χ2v) is 5.66. The Morgan fingerprint density at radius 1 is 1.17 bits per heavy atom. The molecule has 0 aliphatic carbocycles. The zero-order chi connectivity index (χ0) is 17.4. The predicted molar refractivity (Wildman–Crippen MR) is 93.6 cm³/mol. The van der Waals surface area contributed by atoms with E-state index in [9.17, 15) is 4.79 Å². The summed E-state index contributed by atoms with van der Waals surface area (Å²) in [6, 6.07) is 8.11. The van der Waals surface area contributed by atoms with E-state index in [2.05, 4.69) is 46.3 Å². The van der Waals surface area contributed by atoms with E-state index in [1.807, 2.05) is 12.1 Å². The summed E-state index contributed by atoms with van der Waals surface area (Å²) in [6.07, 6.45) is 2.42. The summed E-state index contributed by atoms with van der Waals surface area (Å²) in [5, 5.41) is 10.5. The van der Waals surface area contributed by atoms with Gasteiger partial charge in [0.2, 0.25) is 0 Å². The molecule has 2 aromatic rings. The van der Waals surface area contributed by atoms with E-state index in [-0.39, 0.29) is 5.69 Å². The topological polar surface area (TPSA) is 71.1 Å². The van der Waals surface area contributed by atoms with Gasteiger partial charge in [-0.1, -0.05) is 44.5 Å². The van der Waals surface area contributed by atoms with Crippen LogP contribution >= 0.6 is 0 Å². The quantitative estimate of drug-likeness (QED) is 0.715. The number of hydrogen-bond donors (Lipinski definition) is 1. The Labute approximate surface area is 143 Å². The molecule has 0 aliphatic rings. The molecule has 0 saturated carbocycles. The second-order valence-electron chi connectivity index (χ2n) is 5.66. The van der Waals surface area contributed by atoms with Gasteiger partial charge in [0.15, 0.2) is 5.69 Å². The van der Waals surface area contributed by atoms with Gasteiger partial charge in [0.25, 0.3) is 0 Å². The van der Waals surface area contributed by atoms with Gasteiger partial charge in [0.1, 0.15) is 5.69 Å². The molecule has 130 valence electrons. The Bertz CT molecular complexity index is 637. The summed E-state index contributed by atoms with van der Waals surface area (Å²) in [5.74, 6) is -0.456. The van der Waals surface area contributed by atoms with Gasteiger partial charge in [-0.15, -0.1) is 5.10 Å². The lowest BCUT2D eigenvalue weighted by molar-refractivity contribution is 0.0520. The number of ether oxygens (including phenoxy) is 1. The number of H-pyrrole nitrogens is 1. The van der Waals surface area contributed by atoms with Crippen LogP contribution in [0.5, 0.6) is 0 Å². The van der Waals surface area contributed by atoms with Gasteiger partial charge < -0.3 is 4.74 Å². The van der Waals surface area contributed by atoms with Crippen molar-refractivity contribution in [3.8, 4) is 11.3 Å². The lowest BCUT2D eigenvalue weighted by Crippen LogP contribution is -2.23. The maximum atomic E-state index is 11.9. The molecule has 6 heteroatoms. The summed E-state index contributed by atoms with van der Waals surface area (Å²) < 4.78 is 5.01. The Morgan fingerprint density at radius 2 is 1.92 bits per heavy atom. The first-order valence-electron chi connectivity index (χ1n) is 8.59. The number of nitrogens with one attached hydrogen (secondary N) is 1. The fraction of sp³-hybridized carbons (Fsp3) is 0.500. The van der Waals surface area contributed by atoms with E-state index in [1.54, 1.807) is 6.92 Å². The summed E-state index contributed by atoms with van der Waals surface area (Å²) >= 11 is 0. The number of esters is 1. The molecule has 6 nitrogen and oxygen atoms in total. The van der Waals surface area contributed by atoms with Gasteiger partial charge in [-0.05, 0) is 32.0 Å². The largest absolute Gasteiger partial charge is 0.461 e. The van der Waals surface area contributed by atoms with Crippen molar-refractivity contribution in [1.82, 2.24) is 20.3 Å². The summed E-state index contributed by atoms with van der Waals surface area (Å²) in [7, 11) is 0. The third-order valence-corrected chi connectivity index (χ3v) is 3.93. The number of aromatic amines is 1. The lowest BCUT2D eigenvalue weighted by Gasteiger charge is -2.20. The molecule has 0 atom stereocenters. The Kier molecular flexibility index (Phi) is 6.93. The highest BCUT2D eigenvalue weighted by molar-refractivity contribution is 5.93. The molecule has 1 aromatic heterocycles. The van der Waals surface area contributed by atoms with Crippen molar-refractivity contribution in [2.45, 2.75) is 40.2 Å². The highest BCUT2D eigenvalue weighted by Gasteiger charge is 2.18. The molecule has 0 amide bonds. The number of unbranched alkanes of at least 4 members (excludes halogenated alkanes) is 1. The molecule has 0 aliphatic heterocycles. The number of rotatable bonds is 9. The lowest BCUT2D eigenvalue weighted by atomic mass is 10.1. The average molecular weight is 330 g/mol.